The zero-order valence-electron chi connectivity index (χ0n) is 11.3. The molecule has 1 aromatic rings. The molecule has 20 heavy (non-hydrogen) atoms. The van der Waals surface area contributed by atoms with Crippen LogP contribution in [0, 0.1) is 0 Å². The molecule has 0 radical (unpaired) electrons. The third kappa shape index (κ3) is 2.85. The molecule has 1 unspecified atom stereocenters. The molecule has 2 N–H and O–H groups in total. The van der Waals surface area contributed by atoms with Gasteiger partial charge in [0.15, 0.2) is 0 Å². The van der Waals surface area contributed by atoms with Crippen molar-refractivity contribution in [1.29, 1.82) is 0 Å². The lowest BCUT2D eigenvalue weighted by molar-refractivity contribution is -0.122. The number of rotatable bonds is 5. The summed E-state index contributed by atoms with van der Waals surface area (Å²) >= 11 is 0. The van der Waals surface area contributed by atoms with Crippen LogP contribution in [0.15, 0.2) is 18.3 Å². The van der Waals surface area contributed by atoms with Crippen LogP contribution < -0.4 is 5.32 Å². The van der Waals surface area contributed by atoms with Crippen LogP contribution in [-0.4, -0.2) is 51.6 Å². The number of amides is 1. The lowest BCUT2D eigenvalue weighted by atomic mass is 10.2. The third-order valence-corrected chi connectivity index (χ3v) is 4.01. The molecule has 2 heterocycles. The first kappa shape index (κ1) is 13.2. The van der Waals surface area contributed by atoms with Gasteiger partial charge >= 0.3 is 5.97 Å². The molecule has 1 aromatic heterocycles. The average Bonchev–Trinajstić information content (AvgIpc) is 2.96. The Morgan fingerprint density at radius 2 is 2.15 bits per heavy atom. The molecular formula is C14H19N3O3. The van der Waals surface area contributed by atoms with Crippen molar-refractivity contribution in [3.05, 3.63) is 24.0 Å². The summed E-state index contributed by atoms with van der Waals surface area (Å²) in [5.41, 5.74) is 0.145. The molecule has 6 heteroatoms. The van der Waals surface area contributed by atoms with E-state index in [1.165, 1.54) is 23.5 Å². The summed E-state index contributed by atoms with van der Waals surface area (Å²) in [6.07, 6.45) is 5.17. The largest absolute Gasteiger partial charge is 0.477 e. The maximum atomic E-state index is 12.0. The normalized spacial score (nSPS) is 22.9. The highest BCUT2D eigenvalue weighted by molar-refractivity contribution is 5.86. The lowest BCUT2D eigenvalue weighted by Gasteiger charge is -2.16. The molecule has 0 spiro atoms. The Balaban J connectivity index is 1.52. The minimum Gasteiger partial charge on any atom is -0.477 e. The number of nitrogens with zero attached hydrogens (tertiary/aromatic N) is 2. The van der Waals surface area contributed by atoms with Gasteiger partial charge in [-0.05, 0) is 31.4 Å². The Morgan fingerprint density at radius 1 is 1.35 bits per heavy atom. The van der Waals surface area contributed by atoms with Gasteiger partial charge in [-0.25, -0.2) is 4.79 Å². The van der Waals surface area contributed by atoms with E-state index in [0.29, 0.717) is 0 Å². The minimum absolute atomic E-state index is 0.0640. The van der Waals surface area contributed by atoms with Gasteiger partial charge in [0.2, 0.25) is 5.91 Å². The van der Waals surface area contributed by atoms with Gasteiger partial charge < -0.3 is 15.0 Å². The number of hydrogen-bond acceptors (Lipinski definition) is 3. The van der Waals surface area contributed by atoms with E-state index in [2.05, 4.69) is 10.2 Å². The zero-order chi connectivity index (χ0) is 14.1. The van der Waals surface area contributed by atoms with Crippen molar-refractivity contribution in [2.45, 2.75) is 37.9 Å². The van der Waals surface area contributed by atoms with E-state index in [1.54, 1.807) is 12.3 Å². The Morgan fingerprint density at radius 3 is 2.85 bits per heavy atom. The first-order chi connectivity index (χ1) is 9.63. The number of hydrogen-bond donors (Lipinski definition) is 2. The zero-order valence-corrected chi connectivity index (χ0v) is 11.3. The predicted molar refractivity (Wildman–Crippen MR) is 72.5 cm³/mol. The van der Waals surface area contributed by atoms with Crippen LogP contribution in [0.3, 0.4) is 0 Å². The van der Waals surface area contributed by atoms with Gasteiger partial charge in [-0.15, -0.1) is 0 Å². The first-order valence-electron chi connectivity index (χ1n) is 7.05. The van der Waals surface area contributed by atoms with Crippen LogP contribution >= 0.6 is 0 Å². The van der Waals surface area contributed by atoms with Crippen LogP contribution in [0.5, 0.6) is 0 Å². The van der Waals surface area contributed by atoms with Crippen molar-refractivity contribution in [2.75, 3.05) is 13.1 Å². The van der Waals surface area contributed by atoms with Crippen LogP contribution in [0.25, 0.3) is 0 Å². The number of carboxylic acids is 1. The standard InChI is InChI=1S/C14H19N3O3/c18-13(9-17-6-1-2-12(17)14(19)20)15-10-5-7-16(8-10)11-3-4-11/h1-2,6,10-11H,3-5,7-9H2,(H,15,18)(H,19,20). The molecule has 1 saturated carbocycles. The molecule has 1 saturated heterocycles. The van der Waals surface area contributed by atoms with E-state index >= 15 is 0 Å². The van der Waals surface area contributed by atoms with Crippen molar-refractivity contribution in [2.24, 2.45) is 0 Å². The van der Waals surface area contributed by atoms with Crippen molar-refractivity contribution in [1.82, 2.24) is 14.8 Å². The fourth-order valence-corrected chi connectivity index (χ4v) is 2.85. The fourth-order valence-electron chi connectivity index (χ4n) is 2.85. The minimum atomic E-state index is -1.01. The van der Waals surface area contributed by atoms with Crippen LogP contribution in [0.1, 0.15) is 29.8 Å². The van der Waals surface area contributed by atoms with Crippen LogP contribution in [0.4, 0.5) is 0 Å². The maximum absolute atomic E-state index is 12.0. The molecule has 1 atom stereocenters. The number of carboxylic acid groups (broad SMARTS) is 1. The average molecular weight is 277 g/mol. The second-order valence-corrected chi connectivity index (χ2v) is 5.61. The van der Waals surface area contributed by atoms with Gasteiger partial charge in [0.25, 0.3) is 0 Å². The molecule has 0 aromatic carbocycles. The van der Waals surface area contributed by atoms with E-state index < -0.39 is 5.97 Å². The summed E-state index contributed by atoms with van der Waals surface area (Å²) in [7, 11) is 0. The van der Waals surface area contributed by atoms with Gasteiger partial charge in [0, 0.05) is 31.4 Å². The van der Waals surface area contributed by atoms with Crippen molar-refractivity contribution >= 4 is 11.9 Å². The molecule has 1 aliphatic heterocycles. The topological polar surface area (TPSA) is 74.6 Å². The van der Waals surface area contributed by atoms with E-state index in [0.717, 1.165) is 25.6 Å². The molecule has 1 aliphatic carbocycles. The van der Waals surface area contributed by atoms with Crippen LogP contribution in [0.2, 0.25) is 0 Å². The van der Waals surface area contributed by atoms with E-state index in [4.69, 9.17) is 5.11 Å². The Kier molecular flexibility index (Phi) is 3.48. The molecule has 0 bridgehead atoms. The van der Waals surface area contributed by atoms with Crippen LogP contribution in [-0.2, 0) is 11.3 Å². The highest BCUT2D eigenvalue weighted by Gasteiger charge is 2.34. The fraction of sp³-hybridized carbons (Fsp3) is 0.571. The van der Waals surface area contributed by atoms with Gasteiger partial charge in [-0.3, -0.25) is 9.69 Å². The van der Waals surface area contributed by atoms with Crippen molar-refractivity contribution in [3.63, 3.8) is 0 Å². The summed E-state index contributed by atoms with van der Waals surface area (Å²) in [5, 5.41) is 12.0. The lowest BCUT2D eigenvalue weighted by Crippen LogP contribution is -2.39. The summed E-state index contributed by atoms with van der Waals surface area (Å²) in [6, 6.07) is 4.08. The number of likely N-dealkylation sites (tertiary alicyclic amines) is 1. The third-order valence-electron chi connectivity index (χ3n) is 4.01. The number of aromatic carboxylic acids is 1. The summed E-state index contributed by atoms with van der Waals surface area (Å²) in [6.45, 7) is 2.04. The molecule has 2 aliphatic rings. The Bertz CT molecular complexity index is 521. The molecule has 3 rings (SSSR count). The first-order valence-corrected chi connectivity index (χ1v) is 7.05. The maximum Gasteiger partial charge on any atom is 0.352 e. The van der Waals surface area contributed by atoms with Crippen molar-refractivity contribution < 1.29 is 14.7 Å². The highest BCUT2D eigenvalue weighted by Crippen LogP contribution is 2.29. The van der Waals surface area contributed by atoms with E-state index in [9.17, 15) is 9.59 Å². The number of carbonyl (C=O) groups is 2. The quantitative estimate of drug-likeness (QED) is 0.823. The smallest absolute Gasteiger partial charge is 0.352 e. The van der Waals surface area contributed by atoms with E-state index in [1.807, 2.05) is 0 Å². The predicted octanol–water partition coefficient (Wildman–Crippen LogP) is 0.539. The molecule has 2 fully saturated rings. The van der Waals surface area contributed by atoms with E-state index in [-0.39, 0.29) is 24.2 Å². The van der Waals surface area contributed by atoms with Gasteiger partial charge in [-0.1, -0.05) is 0 Å². The SMILES string of the molecule is O=C(Cn1cccc1C(=O)O)NC1CCN(C2CC2)C1. The summed E-state index contributed by atoms with van der Waals surface area (Å²) in [5.74, 6) is -1.13. The van der Waals surface area contributed by atoms with Gasteiger partial charge in [0.05, 0.1) is 0 Å². The Hall–Kier alpha value is -1.82. The number of carbonyl (C=O) groups excluding carboxylic acids is 1. The molecule has 6 nitrogen and oxygen atoms in total. The second-order valence-electron chi connectivity index (χ2n) is 5.61. The summed E-state index contributed by atoms with van der Waals surface area (Å²) in [4.78, 5) is 25.4. The number of nitrogens with one attached hydrogen (secondary N) is 1. The highest BCUT2D eigenvalue weighted by atomic mass is 16.4. The molecule has 108 valence electrons. The van der Waals surface area contributed by atoms with Gasteiger partial charge in [-0.2, -0.15) is 0 Å². The van der Waals surface area contributed by atoms with Gasteiger partial charge in [0.1, 0.15) is 12.2 Å². The van der Waals surface area contributed by atoms with Crippen molar-refractivity contribution in [3.8, 4) is 0 Å². The molecular weight excluding hydrogens is 258 g/mol. The number of aromatic nitrogens is 1. The monoisotopic (exact) mass is 277 g/mol. The molecule has 1 amide bonds. The summed E-state index contributed by atoms with van der Waals surface area (Å²) < 4.78 is 1.46. The second kappa shape index (κ2) is 5.28. The Labute approximate surface area is 117 Å².